The molecule has 1 N–H and O–H groups in total. The fourth-order valence-electron chi connectivity index (χ4n) is 4.16. The van der Waals surface area contributed by atoms with Crippen LogP contribution in [0.2, 0.25) is 0 Å². The largest absolute Gasteiger partial charge is 0.493 e. The number of thiophene rings is 1. The van der Waals surface area contributed by atoms with Gasteiger partial charge in [0.2, 0.25) is 0 Å². The molecule has 2 heterocycles. The van der Waals surface area contributed by atoms with Gasteiger partial charge in [-0.05, 0) is 67.5 Å². The molecule has 0 aliphatic heterocycles. The Kier molecular flexibility index (Phi) is 5.24. The third-order valence-corrected chi connectivity index (χ3v) is 7.09. The van der Waals surface area contributed by atoms with Crippen molar-refractivity contribution in [2.24, 2.45) is 0 Å². The molecule has 5 rings (SSSR count). The lowest BCUT2D eigenvalue weighted by molar-refractivity contribution is 0.284. The van der Waals surface area contributed by atoms with E-state index < -0.39 is 0 Å². The highest BCUT2D eigenvalue weighted by atomic mass is 32.1. The topological polar surface area (TPSA) is 64.2 Å². The Labute approximate surface area is 184 Å². The number of rotatable bonds is 5. The van der Waals surface area contributed by atoms with E-state index in [0.717, 1.165) is 40.6 Å². The lowest BCUT2D eigenvalue weighted by Crippen LogP contribution is -2.11. The zero-order valence-corrected chi connectivity index (χ0v) is 18.5. The lowest BCUT2D eigenvalue weighted by atomic mass is 9.97. The summed E-state index contributed by atoms with van der Waals surface area (Å²) in [5, 5.41) is 0.772. The van der Waals surface area contributed by atoms with E-state index in [4.69, 9.17) is 14.5 Å². The van der Waals surface area contributed by atoms with Crippen LogP contribution in [0.5, 0.6) is 11.5 Å². The number of H-pyrrole nitrogens is 1. The van der Waals surface area contributed by atoms with Gasteiger partial charge in [-0.3, -0.25) is 4.79 Å². The molecular formula is C25H24N2O3S. The van der Waals surface area contributed by atoms with Gasteiger partial charge in [0.1, 0.15) is 17.3 Å². The predicted octanol–water partition coefficient (Wildman–Crippen LogP) is 5.43. The molecule has 0 radical (unpaired) electrons. The van der Waals surface area contributed by atoms with Crippen LogP contribution in [0.15, 0.2) is 47.3 Å². The smallest absolute Gasteiger partial charge is 0.260 e. The molecule has 0 saturated heterocycles. The zero-order valence-electron chi connectivity index (χ0n) is 17.7. The van der Waals surface area contributed by atoms with E-state index >= 15 is 0 Å². The minimum absolute atomic E-state index is 0.0572. The van der Waals surface area contributed by atoms with Crippen molar-refractivity contribution in [1.82, 2.24) is 9.97 Å². The lowest BCUT2D eigenvalue weighted by Gasteiger charge is -2.13. The van der Waals surface area contributed by atoms with Crippen LogP contribution in [0.1, 0.15) is 34.4 Å². The normalized spacial score (nSPS) is 13.2. The van der Waals surface area contributed by atoms with E-state index in [-0.39, 0.29) is 5.56 Å². The summed E-state index contributed by atoms with van der Waals surface area (Å²) >= 11 is 1.66. The third-order valence-electron chi connectivity index (χ3n) is 5.91. The average Bonchev–Trinajstić information content (AvgIpc) is 3.17. The van der Waals surface area contributed by atoms with E-state index in [1.54, 1.807) is 18.4 Å². The van der Waals surface area contributed by atoms with Crippen LogP contribution in [-0.4, -0.2) is 17.1 Å². The van der Waals surface area contributed by atoms with Crippen LogP contribution < -0.4 is 15.0 Å². The second-order valence-electron chi connectivity index (χ2n) is 7.89. The highest BCUT2D eigenvalue weighted by Crippen LogP contribution is 2.36. The number of aromatic amines is 1. The van der Waals surface area contributed by atoms with Gasteiger partial charge in [-0.15, -0.1) is 11.3 Å². The number of benzene rings is 2. The Balaban J connectivity index is 1.47. The van der Waals surface area contributed by atoms with Crippen molar-refractivity contribution in [3.63, 3.8) is 0 Å². The molecule has 4 aromatic rings. The number of hydrogen-bond donors (Lipinski definition) is 1. The summed E-state index contributed by atoms with van der Waals surface area (Å²) in [6.07, 6.45) is 4.35. The van der Waals surface area contributed by atoms with Gasteiger partial charge in [0.05, 0.1) is 12.5 Å². The Morgan fingerprint density at radius 2 is 1.94 bits per heavy atom. The molecule has 31 heavy (non-hydrogen) atoms. The fraction of sp³-hybridized carbons (Fsp3) is 0.280. The summed E-state index contributed by atoms with van der Waals surface area (Å²) in [5.41, 5.74) is 4.26. The molecule has 0 atom stereocenters. The molecule has 5 nitrogen and oxygen atoms in total. The predicted molar refractivity (Wildman–Crippen MR) is 124 cm³/mol. The molecule has 0 saturated carbocycles. The van der Waals surface area contributed by atoms with Crippen molar-refractivity contribution in [1.29, 1.82) is 0 Å². The van der Waals surface area contributed by atoms with E-state index in [1.807, 2.05) is 30.3 Å². The van der Waals surface area contributed by atoms with Crippen molar-refractivity contribution in [2.45, 2.75) is 39.2 Å². The first-order valence-electron chi connectivity index (χ1n) is 10.5. The van der Waals surface area contributed by atoms with Crippen LogP contribution in [0.4, 0.5) is 0 Å². The quantitative estimate of drug-likeness (QED) is 0.457. The van der Waals surface area contributed by atoms with Crippen LogP contribution in [0.3, 0.4) is 0 Å². The summed E-state index contributed by atoms with van der Waals surface area (Å²) in [5.74, 6) is 1.82. The molecule has 1 aliphatic carbocycles. The molecule has 0 amide bonds. The summed E-state index contributed by atoms with van der Waals surface area (Å²) in [7, 11) is 1.62. The van der Waals surface area contributed by atoms with Gasteiger partial charge >= 0.3 is 0 Å². The van der Waals surface area contributed by atoms with E-state index in [9.17, 15) is 4.79 Å². The van der Waals surface area contributed by atoms with Crippen molar-refractivity contribution in [2.75, 3.05) is 7.11 Å². The van der Waals surface area contributed by atoms with Gasteiger partial charge < -0.3 is 14.5 Å². The number of nitrogens with one attached hydrogen (secondary N) is 1. The van der Waals surface area contributed by atoms with Gasteiger partial charge in [-0.25, -0.2) is 4.98 Å². The summed E-state index contributed by atoms with van der Waals surface area (Å²) in [4.78, 5) is 22.8. The number of ether oxygens (including phenoxy) is 2. The van der Waals surface area contributed by atoms with Crippen molar-refractivity contribution >= 4 is 21.6 Å². The monoisotopic (exact) mass is 432 g/mol. The van der Waals surface area contributed by atoms with Crippen LogP contribution >= 0.6 is 11.3 Å². The number of aromatic nitrogens is 2. The third kappa shape index (κ3) is 3.72. The number of nitrogens with zero attached hydrogens (tertiary/aromatic N) is 1. The Morgan fingerprint density at radius 3 is 2.77 bits per heavy atom. The maximum atomic E-state index is 12.9. The van der Waals surface area contributed by atoms with Crippen molar-refractivity contribution in [3.8, 4) is 22.9 Å². The average molecular weight is 433 g/mol. The van der Waals surface area contributed by atoms with E-state index in [2.05, 4.69) is 24.0 Å². The van der Waals surface area contributed by atoms with E-state index in [0.29, 0.717) is 23.9 Å². The SMILES string of the molecule is COc1cc(-c2nc3sc4c(c3c(=O)[nH]2)CCCC4)ccc1OCc1ccccc1C. The van der Waals surface area contributed by atoms with Crippen LogP contribution in [0.25, 0.3) is 21.6 Å². The molecular weight excluding hydrogens is 408 g/mol. The fourth-order valence-corrected chi connectivity index (χ4v) is 5.42. The van der Waals surface area contributed by atoms with Gasteiger partial charge in [-0.2, -0.15) is 0 Å². The summed E-state index contributed by atoms with van der Waals surface area (Å²) in [6, 6.07) is 13.8. The first-order chi connectivity index (χ1) is 15.1. The van der Waals surface area contributed by atoms with Gasteiger partial charge in [0.25, 0.3) is 5.56 Å². The van der Waals surface area contributed by atoms with Crippen LogP contribution in [0, 0.1) is 6.92 Å². The highest BCUT2D eigenvalue weighted by molar-refractivity contribution is 7.18. The standard InChI is InChI=1S/C25H24N2O3S/c1-15-7-3-4-8-17(15)14-30-19-12-11-16(13-20(19)29-2)23-26-24(28)22-18-9-5-6-10-21(18)31-25(22)27-23/h3-4,7-8,11-13H,5-6,9-10,14H2,1-2H3,(H,26,27,28). The second kappa shape index (κ2) is 8.19. The molecule has 0 fully saturated rings. The maximum Gasteiger partial charge on any atom is 0.260 e. The highest BCUT2D eigenvalue weighted by Gasteiger charge is 2.20. The van der Waals surface area contributed by atoms with Crippen LogP contribution in [-0.2, 0) is 19.4 Å². The molecule has 2 aromatic heterocycles. The van der Waals surface area contributed by atoms with Gasteiger partial charge in [-0.1, -0.05) is 24.3 Å². The second-order valence-corrected chi connectivity index (χ2v) is 8.97. The number of methoxy groups -OCH3 is 1. The summed E-state index contributed by atoms with van der Waals surface area (Å²) < 4.78 is 11.6. The number of aryl methyl sites for hydroxylation is 3. The number of hydrogen-bond acceptors (Lipinski definition) is 5. The minimum Gasteiger partial charge on any atom is -0.493 e. The molecule has 0 spiro atoms. The molecule has 2 aromatic carbocycles. The van der Waals surface area contributed by atoms with Crippen molar-refractivity contribution < 1.29 is 9.47 Å². The molecule has 6 heteroatoms. The number of fused-ring (bicyclic) bond motifs is 3. The van der Waals surface area contributed by atoms with E-state index in [1.165, 1.54) is 22.4 Å². The first kappa shape index (κ1) is 19.8. The molecule has 158 valence electrons. The Morgan fingerprint density at radius 1 is 1.10 bits per heavy atom. The van der Waals surface area contributed by atoms with Crippen molar-refractivity contribution in [3.05, 3.63) is 74.4 Å². The Hall–Kier alpha value is -3.12. The zero-order chi connectivity index (χ0) is 21.4. The Bertz CT molecular complexity index is 1320. The minimum atomic E-state index is -0.0572. The molecule has 0 bridgehead atoms. The van der Waals surface area contributed by atoms with Gasteiger partial charge in [0, 0.05) is 10.4 Å². The molecule has 0 unspecified atom stereocenters. The summed E-state index contributed by atoms with van der Waals surface area (Å²) in [6.45, 7) is 2.53. The maximum absolute atomic E-state index is 12.9. The van der Waals surface area contributed by atoms with Gasteiger partial charge in [0.15, 0.2) is 11.5 Å². The molecule has 1 aliphatic rings. The first-order valence-corrected chi connectivity index (χ1v) is 11.4.